The van der Waals surface area contributed by atoms with Gasteiger partial charge < -0.3 is 24.7 Å². The monoisotopic (exact) mass is 499 g/mol. The van der Waals surface area contributed by atoms with Crippen molar-refractivity contribution in [1.29, 1.82) is 0 Å². The number of ether oxygens (including phenoxy) is 2. The molecule has 1 unspecified atom stereocenters. The lowest BCUT2D eigenvalue weighted by Gasteiger charge is -2.29. The molecular formula is C28H26FN5O3. The third-order valence-electron chi connectivity index (χ3n) is 6.66. The van der Waals surface area contributed by atoms with Crippen LogP contribution in [0.25, 0.3) is 11.4 Å². The van der Waals surface area contributed by atoms with Crippen LogP contribution in [-0.4, -0.2) is 41.3 Å². The summed E-state index contributed by atoms with van der Waals surface area (Å²) < 4.78 is 25.3. The molecule has 0 saturated carbocycles. The van der Waals surface area contributed by atoms with Crippen LogP contribution in [0.15, 0.2) is 65.6 Å². The minimum atomic E-state index is -0.497. The lowest BCUT2D eigenvalue weighted by molar-refractivity contribution is 0.122. The number of aromatic nitrogens is 3. The normalized spacial score (nSPS) is 15.4. The average Bonchev–Trinajstić information content (AvgIpc) is 2.91. The highest BCUT2D eigenvalue weighted by Crippen LogP contribution is 2.42. The summed E-state index contributed by atoms with van der Waals surface area (Å²) >= 11 is 0. The van der Waals surface area contributed by atoms with Gasteiger partial charge >= 0.3 is 0 Å². The number of benzene rings is 1. The predicted molar refractivity (Wildman–Crippen MR) is 139 cm³/mol. The minimum Gasteiger partial charge on any atom is -0.454 e. The summed E-state index contributed by atoms with van der Waals surface area (Å²) in [6.45, 7) is 4.68. The maximum absolute atomic E-state index is 13.5. The highest BCUT2D eigenvalue weighted by molar-refractivity contribution is 5.71. The summed E-state index contributed by atoms with van der Waals surface area (Å²) in [6, 6.07) is 16.0. The molecule has 1 saturated heterocycles. The second-order valence-electron chi connectivity index (χ2n) is 9.22. The van der Waals surface area contributed by atoms with E-state index in [0.717, 1.165) is 41.3 Å². The van der Waals surface area contributed by atoms with E-state index < -0.39 is 5.95 Å². The Balaban J connectivity index is 1.27. The quantitative estimate of drug-likeness (QED) is 0.339. The number of H-pyrrole nitrogens is 1. The molecule has 2 N–H and O–H groups in total. The number of hydrogen-bond acceptors (Lipinski definition) is 7. The van der Waals surface area contributed by atoms with Gasteiger partial charge in [0.15, 0.2) is 5.75 Å². The van der Waals surface area contributed by atoms with Gasteiger partial charge in [0.2, 0.25) is 5.95 Å². The summed E-state index contributed by atoms with van der Waals surface area (Å²) in [5.74, 6) is 0.876. The first-order valence-corrected chi connectivity index (χ1v) is 12.3. The molecule has 6 rings (SSSR count). The van der Waals surface area contributed by atoms with E-state index >= 15 is 0 Å². The number of rotatable bonds is 5. The fourth-order valence-electron chi connectivity index (χ4n) is 4.80. The minimum absolute atomic E-state index is 0.170. The van der Waals surface area contributed by atoms with Gasteiger partial charge in [-0.15, -0.1) is 0 Å². The van der Waals surface area contributed by atoms with Crippen molar-refractivity contribution >= 4 is 11.4 Å². The summed E-state index contributed by atoms with van der Waals surface area (Å²) in [5, 5.41) is 3.39. The van der Waals surface area contributed by atoms with E-state index in [1.54, 1.807) is 24.4 Å². The number of pyridine rings is 3. The number of aromatic amines is 1. The molecule has 0 radical (unpaired) electrons. The molecule has 188 valence electrons. The molecule has 0 amide bonds. The first-order valence-electron chi connectivity index (χ1n) is 12.3. The summed E-state index contributed by atoms with van der Waals surface area (Å²) in [6.07, 6.45) is 2.39. The lowest BCUT2D eigenvalue weighted by atomic mass is 9.98. The smallest absolute Gasteiger partial charge is 0.250 e. The lowest BCUT2D eigenvalue weighted by Crippen LogP contribution is -2.36. The number of fused-ring (bicyclic) bond motifs is 2. The van der Waals surface area contributed by atoms with Crippen molar-refractivity contribution in [1.82, 2.24) is 15.0 Å². The summed E-state index contributed by atoms with van der Waals surface area (Å²) in [4.78, 5) is 26.1. The first-order chi connectivity index (χ1) is 18.0. The molecule has 9 heteroatoms. The van der Waals surface area contributed by atoms with E-state index in [2.05, 4.69) is 25.2 Å². The van der Waals surface area contributed by atoms with Gasteiger partial charge in [-0.3, -0.25) is 9.78 Å². The zero-order valence-corrected chi connectivity index (χ0v) is 20.3. The van der Waals surface area contributed by atoms with Gasteiger partial charge in [-0.25, -0.2) is 4.98 Å². The van der Waals surface area contributed by atoms with Crippen LogP contribution >= 0.6 is 0 Å². The van der Waals surface area contributed by atoms with Gasteiger partial charge in [0, 0.05) is 54.3 Å². The van der Waals surface area contributed by atoms with Crippen LogP contribution in [0.5, 0.6) is 11.5 Å². The van der Waals surface area contributed by atoms with Gasteiger partial charge in [-0.1, -0.05) is 6.07 Å². The molecule has 0 bridgehead atoms. The second kappa shape index (κ2) is 9.67. The molecule has 1 atom stereocenters. The number of nitrogens with one attached hydrogen (secondary N) is 2. The van der Waals surface area contributed by atoms with Crippen molar-refractivity contribution in [3.8, 4) is 22.9 Å². The van der Waals surface area contributed by atoms with Gasteiger partial charge in [0.1, 0.15) is 11.4 Å². The van der Waals surface area contributed by atoms with Crippen molar-refractivity contribution in [3.63, 3.8) is 0 Å². The van der Waals surface area contributed by atoms with Crippen LogP contribution in [0.4, 0.5) is 15.8 Å². The largest absolute Gasteiger partial charge is 0.454 e. The van der Waals surface area contributed by atoms with Crippen LogP contribution in [0, 0.1) is 5.95 Å². The second-order valence-corrected chi connectivity index (χ2v) is 9.22. The van der Waals surface area contributed by atoms with Crippen LogP contribution < -0.4 is 20.5 Å². The maximum Gasteiger partial charge on any atom is 0.250 e. The SMILES string of the molecule is CC(Nc1ccc2c(c1)Cc1ccnc(-c3cc(N4CCOCC4)cc(=O)[nH]3)c1O2)c1cccc(F)n1. The standard InChI is InChI=1S/C28H26FN5O3/c1-17(22-3-2-4-25(29)32-22)31-20-5-6-24-19(14-20)13-18-7-8-30-27(28(18)37-24)23-15-21(16-26(35)33-23)34-9-11-36-12-10-34/h2-8,14-17,31H,9-13H2,1H3,(H,33,35). The molecule has 1 fully saturated rings. The van der Waals surface area contributed by atoms with E-state index in [-0.39, 0.29) is 11.6 Å². The molecule has 37 heavy (non-hydrogen) atoms. The van der Waals surface area contributed by atoms with E-state index in [4.69, 9.17) is 9.47 Å². The molecule has 4 aromatic rings. The molecule has 2 aliphatic rings. The van der Waals surface area contributed by atoms with Crippen LogP contribution in [0.2, 0.25) is 0 Å². The first kappa shape index (κ1) is 23.2. The molecule has 3 aromatic heterocycles. The van der Waals surface area contributed by atoms with Crippen molar-refractivity contribution < 1.29 is 13.9 Å². The Labute approximate surface area is 213 Å². The van der Waals surface area contributed by atoms with E-state index in [0.29, 0.717) is 42.5 Å². The predicted octanol–water partition coefficient (Wildman–Crippen LogP) is 4.68. The topological polar surface area (TPSA) is 92.4 Å². The van der Waals surface area contributed by atoms with Gasteiger partial charge in [0.25, 0.3) is 5.56 Å². The Bertz CT molecular complexity index is 1520. The van der Waals surface area contributed by atoms with Crippen molar-refractivity contribution in [2.24, 2.45) is 0 Å². The van der Waals surface area contributed by atoms with E-state index in [9.17, 15) is 9.18 Å². The molecule has 0 aliphatic carbocycles. The fourth-order valence-corrected chi connectivity index (χ4v) is 4.80. The maximum atomic E-state index is 13.5. The number of nitrogens with zero attached hydrogens (tertiary/aromatic N) is 3. The van der Waals surface area contributed by atoms with Gasteiger partial charge in [-0.2, -0.15) is 4.39 Å². The van der Waals surface area contributed by atoms with Crippen molar-refractivity contribution in [2.75, 3.05) is 36.5 Å². The van der Waals surface area contributed by atoms with Crippen molar-refractivity contribution in [3.05, 3.63) is 93.9 Å². The molecule has 1 aromatic carbocycles. The van der Waals surface area contributed by atoms with Gasteiger partial charge in [0.05, 0.1) is 30.6 Å². The van der Waals surface area contributed by atoms with Crippen molar-refractivity contribution in [2.45, 2.75) is 19.4 Å². The third kappa shape index (κ3) is 4.77. The summed E-state index contributed by atoms with van der Waals surface area (Å²) in [5.41, 5.74) is 5.39. The zero-order chi connectivity index (χ0) is 25.4. The van der Waals surface area contributed by atoms with Crippen LogP contribution in [0.1, 0.15) is 29.8 Å². The average molecular weight is 500 g/mol. The highest BCUT2D eigenvalue weighted by atomic mass is 19.1. The Morgan fingerprint density at radius 3 is 2.78 bits per heavy atom. The van der Waals surface area contributed by atoms with Crippen LogP contribution in [0.3, 0.4) is 0 Å². The Morgan fingerprint density at radius 2 is 1.95 bits per heavy atom. The fraction of sp³-hybridized carbons (Fsp3) is 0.250. The van der Waals surface area contributed by atoms with E-state index in [1.165, 1.54) is 6.07 Å². The summed E-state index contributed by atoms with van der Waals surface area (Å²) in [7, 11) is 0. The van der Waals surface area contributed by atoms with Crippen LogP contribution in [-0.2, 0) is 11.2 Å². The zero-order valence-electron chi connectivity index (χ0n) is 20.3. The highest BCUT2D eigenvalue weighted by Gasteiger charge is 2.23. The molecule has 0 spiro atoms. The number of halogens is 1. The Morgan fingerprint density at radius 1 is 1.08 bits per heavy atom. The van der Waals surface area contributed by atoms with Gasteiger partial charge in [-0.05, 0) is 49.4 Å². The molecular weight excluding hydrogens is 473 g/mol. The molecule has 2 aliphatic heterocycles. The Hall–Kier alpha value is -4.24. The number of anilines is 2. The molecule has 8 nitrogen and oxygen atoms in total. The number of morpholine rings is 1. The third-order valence-corrected chi connectivity index (χ3v) is 6.66. The number of hydrogen-bond donors (Lipinski definition) is 2. The molecule has 5 heterocycles. The van der Waals surface area contributed by atoms with E-state index in [1.807, 2.05) is 37.3 Å². The Kier molecular flexibility index (Phi) is 6.05.